The van der Waals surface area contributed by atoms with Gasteiger partial charge in [0.05, 0.1) is 6.54 Å². The number of carbonyl (C=O) groups is 1. The molecule has 0 spiro atoms. The van der Waals surface area contributed by atoms with Crippen molar-refractivity contribution >= 4 is 28.4 Å². The van der Waals surface area contributed by atoms with Crippen molar-refractivity contribution in [3.05, 3.63) is 114 Å². The zero-order chi connectivity index (χ0) is 22.9. The zero-order valence-electron chi connectivity index (χ0n) is 18.6. The summed E-state index contributed by atoms with van der Waals surface area (Å²) in [6.45, 7) is 0.699. The molecule has 0 radical (unpaired) electrons. The highest BCUT2D eigenvalue weighted by Crippen LogP contribution is 2.43. The molecule has 3 aromatic carbocycles. The molecule has 0 aliphatic heterocycles. The molecule has 1 saturated carbocycles. The topological polar surface area (TPSA) is 63.6 Å². The third-order valence-electron chi connectivity index (χ3n) is 6.29. The summed E-state index contributed by atoms with van der Waals surface area (Å²) < 4.78 is 2.20. The van der Waals surface area contributed by atoms with Crippen LogP contribution in [0.15, 0.2) is 96.3 Å². The second-order valence-corrected chi connectivity index (χ2v) is 9.78. The molecule has 5 nitrogen and oxygen atoms in total. The summed E-state index contributed by atoms with van der Waals surface area (Å²) >= 11 is 1.49. The van der Waals surface area contributed by atoms with E-state index in [2.05, 4.69) is 44.0 Å². The van der Waals surface area contributed by atoms with Crippen molar-refractivity contribution in [2.24, 2.45) is 0 Å². The standard InChI is InChI=1S/C28H24N4OS/c33-25(23-17-29-24-14-8-7-13-22(23)24)26(20-11-5-2-6-12-20)34-28-31-30-27(21-15-16-21)32(28)18-19-9-3-1-4-10-19/h1-14,17,21,26,29H,15-16,18H2. The SMILES string of the molecule is O=C(c1c[nH]c2ccccc12)C(Sc1nnc(C2CC2)n1Cc1ccccc1)c1ccccc1. The number of aromatic nitrogens is 4. The van der Waals surface area contributed by atoms with Gasteiger partial charge in [-0.15, -0.1) is 10.2 Å². The summed E-state index contributed by atoms with van der Waals surface area (Å²) in [5, 5.41) is 10.5. The predicted octanol–water partition coefficient (Wildman–Crippen LogP) is 6.40. The first-order valence-electron chi connectivity index (χ1n) is 11.6. The second kappa shape index (κ2) is 8.95. The van der Waals surface area contributed by atoms with Crippen molar-refractivity contribution in [3.8, 4) is 0 Å². The molecule has 6 rings (SSSR count). The Hall–Kier alpha value is -3.64. The van der Waals surface area contributed by atoms with E-state index in [1.54, 1.807) is 0 Å². The van der Waals surface area contributed by atoms with Gasteiger partial charge in [-0.2, -0.15) is 0 Å². The van der Waals surface area contributed by atoms with Crippen LogP contribution < -0.4 is 0 Å². The van der Waals surface area contributed by atoms with E-state index in [1.807, 2.05) is 66.9 Å². The van der Waals surface area contributed by atoms with E-state index < -0.39 is 5.25 Å². The summed E-state index contributed by atoms with van der Waals surface area (Å²) in [6.07, 6.45) is 4.12. The summed E-state index contributed by atoms with van der Waals surface area (Å²) in [7, 11) is 0. The lowest BCUT2D eigenvalue weighted by molar-refractivity contribution is 0.0991. The highest BCUT2D eigenvalue weighted by Gasteiger charge is 2.33. The largest absolute Gasteiger partial charge is 0.360 e. The number of thioether (sulfide) groups is 1. The zero-order valence-corrected chi connectivity index (χ0v) is 19.4. The number of nitrogens with zero attached hydrogens (tertiary/aromatic N) is 3. The number of aromatic amines is 1. The van der Waals surface area contributed by atoms with Crippen LogP contribution in [0.2, 0.25) is 0 Å². The molecule has 34 heavy (non-hydrogen) atoms. The highest BCUT2D eigenvalue weighted by molar-refractivity contribution is 8.00. The summed E-state index contributed by atoms with van der Waals surface area (Å²) in [4.78, 5) is 17.2. The first kappa shape index (κ1) is 20.9. The Morgan fingerprint density at radius 3 is 2.41 bits per heavy atom. The van der Waals surface area contributed by atoms with Crippen molar-refractivity contribution in [2.45, 2.75) is 35.7 Å². The number of hydrogen-bond donors (Lipinski definition) is 1. The lowest BCUT2D eigenvalue weighted by Crippen LogP contribution is -2.12. The van der Waals surface area contributed by atoms with Crippen LogP contribution in [0, 0.1) is 0 Å². The van der Waals surface area contributed by atoms with Gasteiger partial charge in [0.15, 0.2) is 10.9 Å². The number of nitrogens with one attached hydrogen (secondary N) is 1. The normalized spacial score (nSPS) is 14.4. The van der Waals surface area contributed by atoms with E-state index in [-0.39, 0.29) is 5.78 Å². The third kappa shape index (κ3) is 4.05. The summed E-state index contributed by atoms with van der Waals surface area (Å²) in [5.41, 5.74) is 3.83. The van der Waals surface area contributed by atoms with Gasteiger partial charge in [0, 0.05) is 28.6 Å². The molecule has 1 fully saturated rings. The number of hydrogen-bond acceptors (Lipinski definition) is 4. The first-order valence-corrected chi connectivity index (χ1v) is 12.4. The van der Waals surface area contributed by atoms with E-state index >= 15 is 0 Å². The van der Waals surface area contributed by atoms with Crippen molar-refractivity contribution in [1.29, 1.82) is 0 Å². The Morgan fingerprint density at radius 1 is 0.941 bits per heavy atom. The number of para-hydroxylation sites is 1. The number of ketones is 1. The molecule has 0 bridgehead atoms. The monoisotopic (exact) mass is 464 g/mol. The average molecular weight is 465 g/mol. The Morgan fingerprint density at radius 2 is 1.65 bits per heavy atom. The quantitative estimate of drug-likeness (QED) is 0.213. The van der Waals surface area contributed by atoms with Gasteiger partial charge < -0.3 is 9.55 Å². The van der Waals surface area contributed by atoms with Crippen LogP contribution >= 0.6 is 11.8 Å². The summed E-state index contributed by atoms with van der Waals surface area (Å²) in [6, 6.07) is 28.3. The van der Waals surface area contributed by atoms with Crippen LogP contribution in [-0.2, 0) is 6.54 Å². The number of benzene rings is 3. The second-order valence-electron chi connectivity index (χ2n) is 8.71. The van der Waals surface area contributed by atoms with E-state index in [9.17, 15) is 4.79 Å². The van der Waals surface area contributed by atoms with Gasteiger partial charge in [0.25, 0.3) is 0 Å². The van der Waals surface area contributed by atoms with Crippen LogP contribution in [0.25, 0.3) is 10.9 Å². The minimum atomic E-state index is -0.425. The summed E-state index contributed by atoms with van der Waals surface area (Å²) in [5.74, 6) is 1.55. The fourth-order valence-electron chi connectivity index (χ4n) is 4.37. The van der Waals surface area contributed by atoms with Gasteiger partial charge >= 0.3 is 0 Å². The van der Waals surface area contributed by atoms with Crippen molar-refractivity contribution < 1.29 is 4.79 Å². The molecular weight excluding hydrogens is 440 g/mol. The van der Waals surface area contributed by atoms with E-state index in [1.165, 1.54) is 17.3 Å². The van der Waals surface area contributed by atoms with Gasteiger partial charge in [-0.1, -0.05) is 90.6 Å². The van der Waals surface area contributed by atoms with E-state index in [0.717, 1.165) is 40.3 Å². The molecule has 2 aromatic heterocycles. The third-order valence-corrected chi connectivity index (χ3v) is 7.52. The minimum absolute atomic E-state index is 0.0656. The maximum absolute atomic E-state index is 13.9. The molecule has 0 saturated heterocycles. The fraction of sp³-hybridized carbons (Fsp3) is 0.179. The van der Waals surface area contributed by atoms with Crippen molar-refractivity contribution in [1.82, 2.24) is 19.7 Å². The van der Waals surface area contributed by atoms with Gasteiger partial charge in [0.2, 0.25) is 0 Å². The molecular formula is C28H24N4OS. The van der Waals surface area contributed by atoms with Gasteiger partial charge in [0.1, 0.15) is 11.1 Å². The molecule has 0 amide bonds. The molecule has 1 atom stereocenters. The van der Waals surface area contributed by atoms with Gasteiger partial charge in [-0.05, 0) is 30.0 Å². The van der Waals surface area contributed by atoms with Crippen LogP contribution in [0.3, 0.4) is 0 Å². The van der Waals surface area contributed by atoms with Crippen molar-refractivity contribution in [3.63, 3.8) is 0 Å². The molecule has 5 aromatic rings. The lowest BCUT2D eigenvalue weighted by Gasteiger charge is -2.17. The maximum atomic E-state index is 13.9. The fourth-order valence-corrected chi connectivity index (χ4v) is 5.48. The molecule has 1 N–H and O–H groups in total. The molecule has 2 heterocycles. The molecule has 6 heteroatoms. The van der Waals surface area contributed by atoms with Crippen LogP contribution in [-0.4, -0.2) is 25.5 Å². The number of H-pyrrole nitrogens is 1. The van der Waals surface area contributed by atoms with Crippen LogP contribution in [0.1, 0.15) is 51.3 Å². The van der Waals surface area contributed by atoms with E-state index in [4.69, 9.17) is 0 Å². The Kier molecular flexibility index (Phi) is 5.51. The number of carbonyl (C=O) groups excluding carboxylic acids is 1. The first-order chi connectivity index (χ1) is 16.8. The van der Waals surface area contributed by atoms with E-state index in [0.29, 0.717) is 18.0 Å². The molecule has 168 valence electrons. The average Bonchev–Trinajstić information content (AvgIpc) is 3.52. The number of rotatable bonds is 8. The van der Waals surface area contributed by atoms with Crippen molar-refractivity contribution in [2.75, 3.05) is 0 Å². The molecule has 1 aliphatic rings. The van der Waals surface area contributed by atoms with Crippen LogP contribution in [0.4, 0.5) is 0 Å². The maximum Gasteiger partial charge on any atom is 0.192 e. The van der Waals surface area contributed by atoms with Gasteiger partial charge in [-0.25, -0.2) is 0 Å². The Bertz CT molecular complexity index is 1440. The Labute approximate surface area is 202 Å². The molecule has 1 unspecified atom stereocenters. The lowest BCUT2D eigenvalue weighted by atomic mass is 10.0. The number of Topliss-reactive ketones (excluding diaryl/α,β-unsaturated/α-hetero) is 1. The van der Waals surface area contributed by atoms with Gasteiger partial charge in [-0.3, -0.25) is 4.79 Å². The minimum Gasteiger partial charge on any atom is -0.360 e. The molecule has 1 aliphatic carbocycles. The smallest absolute Gasteiger partial charge is 0.192 e. The predicted molar refractivity (Wildman–Crippen MR) is 135 cm³/mol. The highest BCUT2D eigenvalue weighted by atomic mass is 32.2. The Balaban J connectivity index is 1.40. The number of fused-ring (bicyclic) bond motifs is 1. The van der Waals surface area contributed by atoms with Crippen LogP contribution in [0.5, 0.6) is 0 Å².